The van der Waals surface area contributed by atoms with Crippen LogP contribution in [0.1, 0.15) is 5.56 Å². The van der Waals surface area contributed by atoms with E-state index >= 15 is 0 Å². The summed E-state index contributed by atoms with van der Waals surface area (Å²) < 4.78 is 37.7. The van der Waals surface area contributed by atoms with Crippen LogP contribution in [0.25, 0.3) is 0 Å². The minimum absolute atomic E-state index is 0.0319. The standard InChI is InChI=1S/C11H8ClF3N4/c12-9-8(16)10(18-5-17-9)19-7-3-1-2-6(4-7)11(13,14)15/h1-5H,16H2,(H,17,18,19). The molecule has 0 unspecified atom stereocenters. The summed E-state index contributed by atoms with van der Waals surface area (Å²) in [6, 6.07) is 4.67. The normalized spacial score (nSPS) is 11.4. The summed E-state index contributed by atoms with van der Waals surface area (Å²) in [5.41, 5.74) is 5.12. The number of halogens is 4. The van der Waals surface area contributed by atoms with Crippen molar-refractivity contribution in [1.29, 1.82) is 0 Å². The number of nitrogens with two attached hydrogens (primary N) is 1. The van der Waals surface area contributed by atoms with Gasteiger partial charge in [-0.1, -0.05) is 17.7 Å². The van der Waals surface area contributed by atoms with Gasteiger partial charge < -0.3 is 11.1 Å². The van der Waals surface area contributed by atoms with Gasteiger partial charge in [-0.15, -0.1) is 0 Å². The molecule has 0 saturated carbocycles. The third-order valence-corrected chi connectivity index (χ3v) is 2.59. The average Bonchev–Trinajstić information content (AvgIpc) is 2.34. The zero-order valence-electron chi connectivity index (χ0n) is 9.37. The van der Waals surface area contributed by atoms with Crippen molar-refractivity contribution in [2.24, 2.45) is 0 Å². The molecule has 0 aliphatic heterocycles. The second kappa shape index (κ2) is 4.93. The Morgan fingerprint density at radius 1 is 1.21 bits per heavy atom. The number of nitrogens with one attached hydrogen (secondary N) is 1. The summed E-state index contributed by atoms with van der Waals surface area (Å²) in [6.45, 7) is 0. The van der Waals surface area contributed by atoms with Gasteiger partial charge in [-0.05, 0) is 18.2 Å². The Hall–Kier alpha value is -2.02. The molecule has 2 rings (SSSR count). The lowest BCUT2D eigenvalue weighted by Gasteiger charge is -2.11. The van der Waals surface area contributed by atoms with E-state index < -0.39 is 11.7 Å². The maximum absolute atomic E-state index is 12.6. The van der Waals surface area contributed by atoms with Crippen LogP contribution in [0.15, 0.2) is 30.6 Å². The fraction of sp³-hybridized carbons (Fsp3) is 0.0909. The predicted molar refractivity (Wildman–Crippen MR) is 66.2 cm³/mol. The van der Waals surface area contributed by atoms with Crippen LogP contribution in [-0.4, -0.2) is 9.97 Å². The zero-order chi connectivity index (χ0) is 14.0. The van der Waals surface area contributed by atoms with Gasteiger partial charge in [0.25, 0.3) is 0 Å². The highest BCUT2D eigenvalue weighted by Crippen LogP contribution is 2.32. The van der Waals surface area contributed by atoms with E-state index in [1.807, 2.05) is 0 Å². The zero-order valence-corrected chi connectivity index (χ0v) is 10.1. The first-order valence-corrected chi connectivity index (χ1v) is 5.46. The number of benzene rings is 1. The summed E-state index contributed by atoms with van der Waals surface area (Å²) in [5.74, 6) is 0.152. The molecule has 1 heterocycles. The van der Waals surface area contributed by atoms with Crippen LogP contribution >= 0.6 is 11.6 Å². The maximum atomic E-state index is 12.6. The van der Waals surface area contributed by atoms with Crippen molar-refractivity contribution in [1.82, 2.24) is 9.97 Å². The van der Waals surface area contributed by atoms with Crippen LogP contribution < -0.4 is 11.1 Å². The molecular weight excluding hydrogens is 281 g/mol. The number of anilines is 3. The van der Waals surface area contributed by atoms with Gasteiger partial charge in [0, 0.05) is 5.69 Å². The molecule has 0 bridgehead atoms. The van der Waals surface area contributed by atoms with E-state index in [9.17, 15) is 13.2 Å². The van der Waals surface area contributed by atoms with E-state index in [-0.39, 0.29) is 22.3 Å². The molecular formula is C11H8ClF3N4. The summed E-state index contributed by atoms with van der Waals surface area (Å²) in [6.07, 6.45) is -3.25. The maximum Gasteiger partial charge on any atom is 0.416 e. The van der Waals surface area contributed by atoms with Gasteiger partial charge in [-0.25, -0.2) is 9.97 Å². The van der Waals surface area contributed by atoms with Crippen LogP contribution in [0.2, 0.25) is 5.15 Å². The highest BCUT2D eigenvalue weighted by atomic mass is 35.5. The van der Waals surface area contributed by atoms with E-state index in [0.717, 1.165) is 18.5 Å². The molecule has 8 heteroatoms. The first-order valence-electron chi connectivity index (χ1n) is 5.08. The van der Waals surface area contributed by atoms with E-state index in [1.54, 1.807) is 0 Å². The van der Waals surface area contributed by atoms with Crippen LogP contribution in [0, 0.1) is 0 Å². The Morgan fingerprint density at radius 2 is 1.95 bits per heavy atom. The van der Waals surface area contributed by atoms with E-state index in [2.05, 4.69) is 15.3 Å². The van der Waals surface area contributed by atoms with Crippen molar-refractivity contribution in [3.8, 4) is 0 Å². The topological polar surface area (TPSA) is 63.8 Å². The van der Waals surface area contributed by atoms with E-state index in [0.29, 0.717) is 0 Å². The van der Waals surface area contributed by atoms with Crippen molar-refractivity contribution >= 4 is 28.8 Å². The van der Waals surface area contributed by atoms with Gasteiger partial charge >= 0.3 is 6.18 Å². The lowest BCUT2D eigenvalue weighted by molar-refractivity contribution is -0.137. The molecule has 19 heavy (non-hydrogen) atoms. The molecule has 0 spiro atoms. The molecule has 4 nitrogen and oxygen atoms in total. The first-order chi connectivity index (χ1) is 8.88. The van der Waals surface area contributed by atoms with Crippen LogP contribution in [0.3, 0.4) is 0 Å². The molecule has 0 amide bonds. The van der Waals surface area contributed by atoms with Crippen molar-refractivity contribution in [3.63, 3.8) is 0 Å². The molecule has 0 aliphatic carbocycles. The number of alkyl halides is 3. The Labute approximate surface area is 111 Å². The molecule has 0 aliphatic rings. The van der Waals surface area contributed by atoms with Gasteiger partial charge in [0.15, 0.2) is 11.0 Å². The molecule has 1 aromatic carbocycles. The predicted octanol–water partition coefficient (Wildman–Crippen LogP) is 3.47. The molecule has 0 atom stereocenters. The molecule has 2 aromatic rings. The van der Waals surface area contributed by atoms with E-state index in [4.69, 9.17) is 17.3 Å². The number of aromatic nitrogens is 2. The lowest BCUT2D eigenvalue weighted by atomic mass is 10.2. The van der Waals surface area contributed by atoms with Gasteiger partial charge in [0.05, 0.1) is 5.56 Å². The largest absolute Gasteiger partial charge is 0.416 e. The third kappa shape index (κ3) is 3.05. The van der Waals surface area contributed by atoms with Crippen molar-refractivity contribution in [3.05, 3.63) is 41.3 Å². The molecule has 0 saturated heterocycles. The molecule has 0 radical (unpaired) electrons. The number of nitrogens with zero attached hydrogens (tertiary/aromatic N) is 2. The highest BCUT2D eigenvalue weighted by molar-refractivity contribution is 6.32. The summed E-state index contributed by atoms with van der Waals surface area (Å²) >= 11 is 5.69. The number of rotatable bonds is 2. The van der Waals surface area contributed by atoms with Gasteiger partial charge in [0.1, 0.15) is 12.0 Å². The fourth-order valence-corrected chi connectivity index (χ4v) is 1.52. The van der Waals surface area contributed by atoms with Crippen LogP contribution in [-0.2, 0) is 6.18 Å². The Bertz CT molecular complexity index is 601. The highest BCUT2D eigenvalue weighted by Gasteiger charge is 2.30. The smallest absolute Gasteiger partial charge is 0.393 e. The van der Waals surface area contributed by atoms with Crippen molar-refractivity contribution < 1.29 is 13.2 Å². The number of nitrogen functional groups attached to an aromatic ring is 1. The van der Waals surface area contributed by atoms with Crippen molar-refractivity contribution in [2.75, 3.05) is 11.1 Å². The van der Waals surface area contributed by atoms with E-state index in [1.165, 1.54) is 12.1 Å². The number of hydrogen-bond acceptors (Lipinski definition) is 4. The summed E-state index contributed by atoms with van der Waals surface area (Å²) in [5, 5.41) is 2.70. The minimum atomic E-state index is -4.41. The molecule has 100 valence electrons. The van der Waals surface area contributed by atoms with Gasteiger partial charge in [-0.3, -0.25) is 0 Å². The third-order valence-electron chi connectivity index (χ3n) is 2.29. The second-order valence-electron chi connectivity index (χ2n) is 3.63. The Balaban J connectivity index is 2.31. The first kappa shape index (κ1) is 13.4. The monoisotopic (exact) mass is 288 g/mol. The lowest BCUT2D eigenvalue weighted by Crippen LogP contribution is -2.06. The minimum Gasteiger partial charge on any atom is -0.393 e. The molecule has 0 fully saturated rings. The SMILES string of the molecule is Nc1c(Cl)ncnc1Nc1cccc(C(F)(F)F)c1. The van der Waals surface area contributed by atoms with Gasteiger partial charge in [-0.2, -0.15) is 13.2 Å². The molecule has 3 N–H and O–H groups in total. The quantitative estimate of drug-likeness (QED) is 0.831. The Morgan fingerprint density at radius 3 is 2.63 bits per heavy atom. The second-order valence-corrected chi connectivity index (χ2v) is 3.99. The van der Waals surface area contributed by atoms with Crippen molar-refractivity contribution in [2.45, 2.75) is 6.18 Å². The molecule has 1 aromatic heterocycles. The Kier molecular flexibility index (Phi) is 3.48. The number of hydrogen-bond donors (Lipinski definition) is 2. The van der Waals surface area contributed by atoms with Crippen LogP contribution in [0.5, 0.6) is 0 Å². The van der Waals surface area contributed by atoms with Crippen LogP contribution in [0.4, 0.5) is 30.4 Å². The fourth-order valence-electron chi connectivity index (χ4n) is 1.38. The average molecular weight is 289 g/mol. The summed E-state index contributed by atoms with van der Waals surface area (Å²) in [7, 11) is 0. The summed E-state index contributed by atoms with van der Waals surface area (Å²) in [4.78, 5) is 7.46. The van der Waals surface area contributed by atoms with Gasteiger partial charge in [0.2, 0.25) is 0 Å².